The van der Waals surface area contributed by atoms with Gasteiger partial charge in [-0.15, -0.1) is 0 Å². The van der Waals surface area contributed by atoms with Crippen molar-refractivity contribution in [3.8, 4) is 17.2 Å². The Hall–Kier alpha value is -2.73. The van der Waals surface area contributed by atoms with E-state index in [1.807, 2.05) is 41.3 Å². The minimum atomic E-state index is 0.216. The van der Waals surface area contributed by atoms with Crippen LogP contribution in [0.5, 0.6) is 17.2 Å². The number of carbonyl (C=O) groups excluding carboxylic acids is 1. The largest absolute Gasteiger partial charge is 0.496 e. The molecule has 1 saturated heterocycles. The monoisotopic (exact) mass is 382 g/mol. The predicted octanol–water partition coefficient (Wildman–Crippen LogP) is 2.70. The van der Waals surface area contributed by atoms with Gasteiger partial charge in [0.1, 0.15) is 5.75 Å². The average Bonchev–Trinajstić information content (AvgIpc) is 3.20. The van der Waals surface area contributed by atoms with Crippen LogP contribution in [-0.2, 0) is 17.8 Å². The second-order valence-electron chi connectivity index (χ2n) is 7.16. The summed E-state index contributed by atoms with van der Waals surface area (Å²) < 4.78 is 16.2. The number of hydrogen-bond acceptors (Lipinski definition) is 5. The highest BCUT2D eigenvalue weighted by Gasteiger charge is 2.22. The Balaban J connectivity index is 1.25. The van der Waals surface area contributed by atoms with Crippen LogP contribution in [-0.4, -0.2) is 55.8 Å². The van der Waals surface area contributed by atoms with Gasteiger partial charge in [-0.2, -0.15) is 0 Å². The molecule has 0 unspecified atom stereocenters. The Morgan fingerprint density at radius 2 is 1.82 bits per heavy atom. The summed E-state index contributed by atoms with van der Waals surface area (Å²) in [5.41, 5.74) is 2.29. The highest BCUT2D eigenvalue weighted by molar-refractivity contribution is 5.76. The van der Waals surface area contributed by atoms with E-state index in [1.165, 1.54) is 5.56 Å². The van der Waals surface area contributed by atoms with Crippen molar-refractivity contribution >= 4 is 5.91 Å². The number of benzene rings is 2. The maximum absolute atomic E-state index is 12.6. The lowest BCUT2D eigenvalue weighted by Crippen LogP contribution is -2.48. The van der Waals surface area contributed by atoms with Crippen LogP contribution in [0.25, 0.3) is 0 Å². The Morgan fingerprint density at radius 3 is 2.64 bits per heavy atom. The lowest BCUT2D eigenvalue weighted by molar-refractivity contribution is -0.133. The van der Waals surface area contributed by atoms with E-state index < -0.39 is 0 Å². The summed E-state index contributed by atoms with van der Waals surface area (Å²) in [5, 5.41) is 0. The van der Waals surface area contributed by atoms with E-state index in [0.29, 0.717) is 19.6 Å². The average molecular weight is 382 g/mol. The maximum atomic E-state index is 12.6. The van der Waals surface area contributed by atoms with Gasteiger partial charge in [0, 0.05) is 39.1 Å². The molecule has 2 aliphatic rings. The first kappa shape index (κ1) is 18.6. The number of methoxy groups -OCH3 is 1. The first-order valence-electron chi connectivity index (χ1n) is 9.73. The molecule has 2 aliphatic heterocycles. The number of rotatable bonds is 6. The fourth-order valence-electron chi connectivity index (χ4n) is 3.76. The number of aryl methyl sites for hydroxylation is 1. The molecule has 0 radical (unpaired) electrons. The molecule has 0 spiro atoms. The van der Waals surface area contributed by atoms with Gasteiger partial charge in [-0.05, 0) is 35.7 Å². The zero-order chi connectivity index (χ0) is 19.3. The van der Waals surface area contributed by atoms with Crippen molar-refractivity contribution in [3.05, 3.63) is 53.6 Å². The SMILES string of the molecule is COc1ccccc1CCC(=O)N1CCN(Cc2ccc3c(c2)OCO3)CC1. The summed E-state index contributed by atoms with van der Waals surface area (Å²) >= 11 is 0. The molecule has 1 fully saturated rings. The number of piperazine rings is 1. The molecule has 0 N–H and O–H groups in total. The highest BCUT2D eigenvalue weighted by Crippen LogP contribution is 2.32. The second kappa shape index (κ2) is 8.52. The molecule has 28 heavy (non-hydrogen) atoms. The van der Waals surface area contributed by atoms with Gasteiger partial charge in [-0.3, -0.25) is 9.69 Å². The van der Waals surface area contributed by atoms with E-state index in [9.17, 15) is 4.79 Å². The van der Waals surface area contributed by atoms with E-state index in [2.05, 4.69) is 11.0 Å². The summed E-state index contributed by atoms with van der Waals surface area (Å²) in [6, 6.07) is 14.0. The van der Waals surface area contributed by atoms with E-state index in [1.54, 1.807) is 7.11 Å². The van der Waals surface area contributed by atoms with Crippen molar-refractivity contribution in [3.63, 3.8) is 0 Å². The number of para-hydroxylation sites is 1. The quantitative estimate of drug-likeness (QED) is 0.769. The van der Waals surface area contributed by atoms with Crippen molar-refractivity contribution in [2.24, 2.45) is 0 Å². The third-order valence-corrected chi connectivity index (χ3v) is 5.37. The molecule has 6 nitrogen and oxygen atoms in total. The molecule has 0 atom stereocenters. The van der Waals surface area contributed by atoms with E-state index in [-0.39, 0.29) is 5.91 Å². The number of fused-ring (bicyclic) bond motifs is 1. The molecule has 0 aromatic heterocycles. The molecule has 0 bridgehead atoms. The Morgan fingerprint density at radius 1 is 1.04 bits per heavy atom. The lowest BCUT2D eigenvalue weighted by atomic mass is 10.1. The molecule has 4 rings (SSSR count). The summed E-state index contributed by atoms with van der Waals surface area (Å²) in [6.45, 7) is 4.47. The van der Waals surface area contributed by atoms with E-state index in [0.717, 1.165) is 55.5 Å². The van der Waals surface area contributed by atoms with E-state index >= 15 is 0 Å². The summed E-state index contributed by atoms with van der Waals surface area (Å²) in [7, 11) is 1.67. The fraction of sp³-hybridized carbons (Fsp3) is 0.409. The van der Waals surface area contributed by atoms with Crippen LogP contribution in [0.2, 0.25) is 0 Å². The van der Waals surface area contributed by atoms with Gasteiger partial charge in [0.05, 0.1) is 7.11 Å². The second-order valence-corrected chi connectivity index (χ2v) is 7.16. The number of carbonyl (C=O) groups is 1. The van der Waals surface area contributed by atoms with Crippen LogP contribution in [0.15, 0.2) is 42.5 Å². The van der Waals surface area contributed by atoms with Gasteiger partial charge in [0.15, 0.2) is 11.5 Å². The van der Waals surface area contributed by atoms with Gasteiger partial charge >= 0.3 is 0 Å². The van der Waals surface area contributed by atoms with Crippen LogP contribution < -0.4 is 14.2 Å². The first-order chi connectivity index (χ1) is 13.7. The highest BCUT2D eigenvalue weighted by atomic mass is 16.7. The van der Waals surface area contributed by atoms with Crippen molar-refractivity contribution < 1.29 is 19.0 Å². The Labute approximate surface area is 165 Å². The summed E-state index contributed by atoms with van der Waals surface area (Å²) in [4.78, 5) is 17.0. The molecule has 2 aromatic rings. The van der Waals surface area contributed by atoms with Crippen molar-refractivity contribution in [2.45, 2.75) is 19.4 Å². The molecule has 0 saturated carbocycles. The number of ether oxygens (including phenoxy) is 3. The van der Waals surface area contributed by atoms with Crippen LogP contribution in [0.4, 0.5) is 0 Å². The van der Waals surface area contributed by atoms with Gasteiger partial charge in [0.25, 0.3) is 0 Å². The minimum absolute atomic E-state index is 0.216. The smallest absolute Gasteiger partial charge is 0.231 e. The number of hydrogen-bond donors (Lipinski definition) is 0. The fourth-order valence-corrected chi connectivity index (χ4v) is 3.76. The summed E-state index contributed by atoms with van der Waals surface area (Å²) in [5.74, 6) is 2.70. The standard InChI is InChI=1S/C22H26N2O4/c1-26-19-5-3-2-4-18(19)7-9-22(25)24-12-10-23(11-13-24)15-17-6-8-20-21(14-17)28-16-27-20/h2-6,8,14H,7,9-13,15-16H2,1H3. The van der Waals surface area contributed by atoms with Gasteiger partial charge in [0.2, 0.25) is 12.7 Å². The normalized spacial score (nSPS) is 16.2. The van der Waals surface area contributed by atoms with Gasteiger partial charge < -0.3 is 19.1 Å². The molecule has 148 valence electrons. The van der Waals surface area contributed by atoms with Crippen LogP contribution in [0, 0.1) is 0 Å². The minimum Gasteiger partial charge on any atom is -0.496 e. The first-order valence-corrected chi connectivity index (χ1v) is 9.73. The third-order valence-electron chi connectivity index (χ3n) is 5.37. The van der Waals surface area contributed by atoms with Crippen LogP contribution in [0.1, 0.15) is 17.5 Å². The van der Waals surface area contributed by atoms with Crippen molar-refractivity contribution in [1.82, 2.24) is 9.80 Å². The predicted molar refractivity (Wildman–Crippen MR) is 106 cm³/mol. The Bertz CT molecular complexity index is 831. The molecule has 2 aromatic carbocycles. The van der Waals surface area contributed by atoms with Crippen LogP contribution >= 0.6 is 0 Å². The lowest BCUT2D eigenvalue weighted by Gasteiger charge is -2.35. The van der Waals surface area contributed by atoms with Gasteiger partial charge in [-0.1, -0.05) is 24.3 Å². The molecule has 0 aliphatic carbocycles. The molecular weight excluding hydrogens is 356 g/mol. The van der Waals surface area contributed by atoms with Crippen molar-refractivity contribution in [1.29, 1.82) is 0 Å². The maximum Gasteiger partial charge on any atom is 0.231 e. The Kier molecular flexibility index (Phi) is 5.67. The van der Waals surface area contributed by atoms with Crippen molar-refractivity contribution in [2.75, 3.05) is 40.1 Å². The van der Waals surface area contributed by atoms with Crippen LogP contribution in [0.3, 0.4) is 0 Å². The molecule has 1 amide bonds. The topological polar surface area (TPSA) is 51.2 Å². The zero-order valence-electron chi connectivity index (χ0n) is 16.2. The molecule has 2 heterocycles. The summed E-state index contributed by atoms with van der Waals surface area (Å²) in [6.07, 6.45) is 1.22. The zero-order valence-corrected chi connectivity index (χ0v) is 16.2. The molecule has 6 heteroatoms. The molecular formula is C22H26N2O4. The third kappa shape index (κ3) is 4.22. The number of amides is 1. The number of nitrogens with zero attached hydrogens (tertiary/aromatic N) is 2. The van der Waals surface area contributed by atoms with E-state index in [4.69, 9.17) is 14.2 Å². The van der Waals surface area contributed by atoms with Gasteiger partial charge in [-0.25, -0.2) is 0 Å².